The Morgan fingerprint density at radius 1 is 1.00 bits per heavy atom. The molecule has 1 saturated heterocycles. The van der Waals surface area contributed by atoms with Gasteiger partial charge in [0.25, 0.3) is 0 Å². The molecule has 0 amide bonds. The van der Waals surface area contributed by atoms with Crippen molar-refractivity contribution in [3.63, 3.8) is 0 Å². The molecule has 1 heterocycles. The van der Waals surface area contributed by atoms with Gasteiger partial charge in [0.05, 0.1) is 0 Å². The number of benzene rings is 1. The van der Waals surface area contributed by atoms with Crippen LogP contribution in [-0.2, 0) is 5.41 Å². The monoisotopic (exact) mass is 217 g/mol. The standard InChI is InChI=1S/C15H23N/c1-11-6-12(2)8-13(7-11)15(5)9-14(3,4)16-10-15/h6-8,16H,9-10H2,1-5H3/t15-/m0/s1. The minimum absolute atomic E-state index is 0.270. The van der Waals surface area contributed by atoms with Gasteiger partial charge >= 0.3 is 0 Å². The average Bonchev–Trinajstić information content (AvgIpc) is 2.40. The number of aryl methyl sites for hydroxylation is 2. The van der Waals surface area contributed by atoms with Gasteiger partial charge in [-0.15, -0.1) is 0 Å². The van der Waals surface area contributed by atoms with Crippen LogP contribution in [0.15, 0.2) is 18.2 Å². The fourth-order valence-electron chi connectivity index (χ4n) is 3.06. The van der Waals surface area contributed by atoms with Crippen LogP contribution in [0.25, 0.3) is 0 Å². The highest BCUT2D eigenvalue weighted by Crippen LogP contribution is 2.38. The van der Waals surface area contributed by atoms with E-state index in [4.69, 9.17) is 0 Å². The molecule has 1 aliphatic heterocycles. The van der Waals surface area contributed by atoms with Crippen LogP contribution in [0.4, 0.5) is 0 Å². The van der Waals surface area contributed by atoms with E-state index >= 15 is 0 Å². The lowest BCUT2D eigenvalue weighted by molar-refractivity contribution is 0.426. The molecule has 1 N–H and O–H groups in total. The zero-order chi connectivity index (χ0) is 12.0. The Kier molecular flexibility index (Phi) is 2.62. The molecule has 88 valence electrons. The Bertz CT molecular complexity index is 386. The predicted octanol–water partition coefficient (Wildman–Crippen LogP) is 3.33. The lowest BCUT2D eigenvalue weighted by Gasteiger charge is -2.26. The minimum Gasteiger partial charge on any atom is -0.311 e. The zero-order valence-corrected chi connectivity index (χ0v) is 11.1. The van der Waals surface area contributed by atoms with E-state index in [1.54, 1.807) is 0 Å². The van der Waals surface area contributed by atoms with Crippen molar-refractivity contribution in [1.82, 2.24) is 5.32 Å². The molecule has 0 aliphatic carbocycles. The molecule has 1 heteroatoms. The van der Waals surface area contributed by atoms with E-state index in [1.165, 1.54) is 23.1 Å². The van der Waals surface area contributed by atoms with Gasteiger partial charge in [0, 0.05) is 17.5 Å². The first-order chi connectivity index (χ1) is 7.31. The molecule has 16 heavy (non-hydrogen) atoms. The molecule has 1 aromatic carbocycles. The third-order valence-electron chi connectivity index (χ3n) is 3.71. The number of nitrogens with one attached hydrogen (secondary N) is 1. The molecule has 2 rings (SSSR count). The van der Waals surface area contributed by atoms with E-state index in [1.807, 2.05) is 0 Å². The van der Waals surface area contributed by atoms with E-state index in [-0.39, 0.29) is 5.54 Å². The van der Waals surface area contributed by atoms with E-state index in [9.17, 15) is 0 Å². The lowest BCUT2D eigenvalue weighted by atomic mass is 9.77. The molecule has 0 bridgehead atoms. The summed E-state index contributed by atoms with van der Waals surface area (Å²) in [5.74, 6) is 0. The lowest BCUT2D eigenvalue weighted by Crippen LogP contribution is -2.31. The Labute approximate surface area is 99.3 Å². The summed E-state index contributed by atoms with van der Waals surface area (Å²) in [6, 6.07) is 6.94. The molecule has 0 aromatic heterocycles. The topological polar surface area (TPSA) is 12.0 Å². The molecule has 1 atom stereocenters. The van der Waals surface area contributed by atoms with Crippen LogP contribution in [-0.4, -0.2) is 12.1 Å². The summed E-state index contributed by atoms with van der Waals surface area (Å²) in [4.78, 5) is 0. The fraction of sp³-hybridized carbons (Fsp3) is 0.600. The molecular weight excluding hydrogens is 194 g/mol. The van der Waals surface area contributed by atoms with Gasteiger partial charge in [-0.2, -0.15) is 0 Å². The maximum atomic E-state index is 3.62. The van der Waals surface area contributed by atoms with Crippen LogP contribution < -0.4 is 5.32 Å². The molecule has 0 spiro atoms. The highest BCUT2D eigenvalue weighted by molar-refractivity contribution is 5.35. The highest BCUT2D eigenvalue weighted by Gasteiger charge is 2.40. The minimum atomic E-state index is 0.270. The SMILES string of the molecule is Cc1cc(C)cc([C@]2(C)CNC(C)(C)C2)c1. The van der Waals surface area contributed by atoms with Gasteiger partial charge in [0.1, 0.15) is 0 Å². The van der Waals surface area contributed by atoms with Crippen LogP contribution in [0, 0.1) is 13.8 Å². The van der Waals surface area contributed by atoms with Crippen LogP contribution in [0.1, 0.15) is 43.9 Å². The van der Waals surface area contributed by atoms with Crippen molar-refractivity contribution < 1.29 is 0 Å². The van der Waals surface area contributed by atoms with Crippen LogP contribution in [0.5, 0.6) is 0 Å². The quantitative estimate of drug-likeness (QED) is 0.761. The molecular formula is C15H23N. The third-order valence-corrected chi connectivity index (χ3v) is 3.71. The second-order valence-electron chi connectivity index (χ2n) is 6.35. The second-order valence-corrected chi connectivity index (χ2v) is 6.35. The van der Waals surface area contributed by atoms with Crippen molar-refractivity contribution in [2.24, 2.45) is 0 Å². The zero-order valence-electron chi connectivity index (χ0n) is 11.1. The molecule has 1 nitrogen and oxygen atoms in total. The largest absolute Gasteiger partial charge is 0.311 e. The number of hydrogen-bond acceptors (Lipinski definition) is 1. The van der Waals surface area contributed by atoms with Gasteiger partial charge in [0.2, 0.25) is 0 Å². The summed E-state index contributed by atoms with van der Waals surface area (Å²) in [5, 5.41) is 3.62. The van der Waals surface area contributed by atoms with Gasteiger partial charge in [-0.25, -0.2) is 0 Å². The maximum Gasteiger partial charge on any atom is 0.0134 e. The Balaban J connectivity index is 2.37. The first-order valence-corrected chi connectivity index (χ1v) is 6.15. The van der Waals surface area contributed by atoms with Crippen molar-refractivity contribution in [3.05, 3.63) is 34.9 Å². The molecule has 0 radical (unpaired) electrons. The molecule has 0 saturated carbocycles. The summed E-state index contributed by atoms with van der Waals surface area (Å²) in [6.07, 6.45) is 1.21. The highest BCUT2D eigenvalue weighted by atomic mass is 15.0. The molecule has 1 aliphatic rings. The average molecular weight is 217 g/mol. The van der Waals surface area contributed by atoms with E-state index < -0.39 is 0 Å². The summed E-state index contributed by atoms with van der Waals surface area (Å²) >= 11 is 0. The van der Waals surface area contributed by atoms with Crippen molar-refractivity contribution in [2.75, 3.05) is 6.54 Å². The Morgan fingerprint density at radius 3 is 2.00 bits per heavy atom. The van der Waals surface area contributed by atoms with Gasteiger partial charge in [-0.05, 0) is 39.7 Å². The smallest absolute Gasteiger partial charge is 0.0134 e. The van der Waals surface area contributed by atoms with Gasteiger partial charge in [-0.1, -0.05) is 36.2 Å². The van der Waals surface area contributed by atoms with Crippen molar-refractivity contribution in [2.45, 2.75) is 52.0 Å². The number of rotatable bonds is 1. The maximum absolute atomic E-state index is 3.62. The number of hydrogen-bond donors (Lipinski definition) is 1. The first-order valence-electron chi connectivity index (χ1n) is 6.15. The van der Waals surface area contributed by atoms with Gasteiger partial charge < -0.3 is 5.32 Å². The van der Waals surface area contributed by atoms with Gasteiger partial charge in [-0.3, -0.25) is 0 Å². The van der Waals surface area contributed by atoms with Crippen LogP contribution >= 0.6 is 0 Å². The van der Waals surface area contributed by atoms with E-state index in [2.05, 4.69) is 58.1 Å². The Hall–Kier alpha value is -0.820. The van der Waals surface area contributed by atoms with Crippen LogP contribution in [0.2, 0.25) is 0 Å². The summed E-state index contributed by atoms with van der Waals surface area (Å²) in [5.41, 5.74) is 4.80. The normalized spacial score (nSPS) is 28.3. The van der Waals surface area contributed by atoms with E-state index in [0.717, 1.165) is 6.54 Å². The van der Waals surface area contributed by atoms with Crippen molar-refractivity contribution in [3.8, 4) is 0 Å². The summed E-state index contributed by atoms with van der Waals surface area (Å²) < 4.78 is 0. The Morgan fingerprint density at radius 2 is 1.56 bits per heavy atom. The molecule has 1 aromatic rings. The van der Waals surface area contributed by atoms with Crippen LogP contribution in [0.3, 0.4) is 0 Å². The van der Waals surface area contributed by atoms with E-state index in [0.29, 0.717) is 5.41 Å². The van der Waals surface area contributed by atoms with Gasteiger partial charge in [0.15, 0.2) is 0 Å². The second kappa shape index (κ2) is 3.59. The summed E-state index contributed by atoms with van der Waals surface area (Å²) in [7, 11) is 0. The first kappa shape index (κ1) is 11.7. The van der Waals surface area contributed by atoms with Crippen molar-refractivity contribution >= 4 is 0 Å². The fourth-order valence-corrected chi connectivity index (χ4v) is 3.06. The predicted molar refractivity (Wildman–Crippen MR) is 70.0 cm³/mol. The molecule has 1 fully saturated rings. The summed E-state index contributed by atoms with van der Waals surface area (Å²) in [6.45, 7) is 12.4. The third kappa shape index (κ3) is 2.15. The molecule has 0 unspecified atom stereocenters. The van der Waals surface area contributed by atoms with Crippen molar-refractivity contribution in [1.29, 1.82) is 0 Å².